The maximum atomic E-state index is 14.7. The van der Waals surface area contributed by atoms with Crippen molar-refractivity contribution in [2.45, 2.75) is 57.5 Å². The lowest BCUT2D eigenvalue weighted by molar-refractivity contribution is -0.171. The van der Waals surface area contributed by atoms with E-state index in [2.05, 4.69) is 19.2 Å². The molecule has 212 valence electrons. The van der Waals surface area contributed by atoms with Gasteiger partial charge in [0.2, 0.25) is 0 Å². The minimum atomic E-state index is -0.725. The molecule has 2 atom stereocenters. The third-order valence-electron chi connectivity index (χ3n) is 7.16. The summed E-state index contributed by atoms with van der Waals surface area (Å²) in [6.07, 6.45) is 3.11. The normalized spacial score (nSPS) is 18.5. The largest absolute Gasteiger partial charge is 0.493 e. The van der Waals surface area contributed by atoms with Gasteiger partial charge in [-0.2, -0.15) is 0 Å². The fourth-order valence-electron chi connectivity index (χ4n) is 5.62. The molecule has 1 N–H and O–H groups in total. The van der Waals surface area contributed by atoms with Crippen LogP contribution in [-0.2, 0) is 27.1 Å². The summed E-state index contributed by atoms with van der Waals surface area (Å²) in [6, 6.07) is 8.33. The Bertz CT molecular complexity index is 1070. The molecule has 0 spiro atoms. The monoisotopic (exact) mass is 555 g/mol. The van der Waals surface area contributed by atoms with Crippen LogP contribution in [0.5, 0.6) is 11.5 Å². The lowest BCUT2D eigenvalue weighted by atomic mass is 9.65. The van der Waals surface area contributed by atoms with E-state index in [0.29, 0.717) is 50.1 Å². The Morgan fingerprint density at radius 2 is 1.87 bits per heavy atom. The van der Waals surface area contributed by atoms with E-state index in [0.717, 1.165) is 17.5 Å². The fraction of sp³-hybridized carbons (Fsp3) is 0.552. The van der Waals surface area contributed by atoms with Gasteiger partial charge in [-0.1, -0.05) is 26.0 Å². The van der Waals surface area contributed by atoms with E-state index in [9.17, 15) is 13.6 Å². The van der Waals surface area contributed by atoms with Gasteiger partial charge in [-0.25, -0.2) is 13.6 Å². The Kier molecular flexibility index (Phi) is 12.3. The molecule has 0 aromatic heterocycles. The van der Waals surface area contributed by atoms with E-state index in [1.165, 1.54) is 27.4 Å². The Balaban J connectivity index is 0.00000507. The molecule has 6 nitrogen and oxygen atoms in total. The van der Waals surface area contributed by atoms with E-state index in [4.69, 9.17) is 18.9 Å². The van der Waals surface area contributed by atoms with Crippen LogP contribution >= 0.6 is 12.4 Å². The van der Waals surface area contributed by atoms with Crippen LogP contribution in [0.3, 0.4) is 0 Å². The highest BCUT2D eigenvalue weighted by atomic mass is 35.5. The topological polar surface area (TPSA) is 66.0 Å². The van der Waals surface area contributed by atoms with Gasteiger partial charge in [-0.05, 0) is 79.6 Å². The number of ether oxygens (including phenoxy) is 4. The molecule has 0 fully saturated rings. The first-order chi connectivity index (χ1) is 17.8. The second kappa shape index (κ2) is 14.7. The van der Waals surface area contributed by atoms with E-state index >= 15 is 0 Å². The summed E-state index contributed by atoms with van der Waals surface area (Å²) in [5.41, 5.74) is 1.86. The first-order valence-corrected chi connectivity index (χ1v) is 12.9. The lowest BCUT2D eigenvalue weighted by Crippen LogP contribution is -2.49. The molecule has 0 heterocycles. The van der Waals surface area contributed by atoms with Crippen LogP contribution in [0.15, 0.2) is 30.3 Å². The maximum Gasteiger partial charge on any atom is 0.332 e. The summed E-state index contributed by atoms with van der Waals surface area (Å²) in [4.78, 5) is 12.6. The number of hydrogen-bond acceptors (Lipinski definition) is 6. The van der Waals surface area contributed by atoms with Crippen LogP contribution in [0.2, 0.25) is 0 Å². The summed E-state index contributed by atoms with van der Waals surface area (Å²) in [6.45, 7) is 5.38. The Hall–Kier alpha value is -2.42. The molecule has 1 aliphatic rings. The molecule has 2 aromatic carbocycles. The number of rotatable bonds is 13. The molecule has 0 saturated heterocycles. The zero-order valence-electron chi connectivity index (χ0n) is 22.9. The van der Waals surface area contributed by atoms with Crippen LogP contribution in [-0.4, -0.2) is 52.6 Å². The van der Waals surface area contributed by atoms with Crippen molar-refractivity contribution in [2.75, 3.05) is 41.0 Å². The van der Waals surface area contributed by atoms with Gasteiger partial charge in [0.05, 0.1) is 14.2 Å². The van der Waals surface area contributed by atoms with Crippen molar-refractivity contribution < 1.29 is 32.5 Å². The molecule has 0 amide bonds. The quantitative estimate of drug-likeness (QED) is 0.255. The van der Waals surface area contributed by atoms with Crippen LogP contribution in [0.25, 0.3) is 0 Å². The predicted molar refractivity (Wildman–Crippen MR) is 146 cm³/mol. The number of halogens is 3. The second-order valence-electron chi connectivity index (χ2n) is 9.91. The zero-order chi connectivity index (χ0) is 27.0. The van der Waals surface area contributed by atoms with E-state index in [-0.39, 0.29) is 42.4 Å². The highest BCUT2D eigenvalue weighted by molar-refractivity contribution is 5.85. The highest BCUT2D eigenvalue weighted by Crippen LogP contribution is 2.48. The van der Waals surface area contributed by atoms with Crippen molar-refractivity contribution in [1.29, 1.82) is 0 Å². The van der Waals surface area contributed by atoms with Gasteiger partial charge < -0.3 is 24.3 Å². The molecule has 2 aromatic rings. The molecule has 0 unspecified atom stereocenters. The molecule has 0 radical (unpaired) electrons. The second-order valence-corrected chi connectivity index (χ2v) is 9.91. The van der Waals surface area contributed by atoms with Crippen molar-refractivity contribution in [2.24, 2.45) is 5.92 Å². The number of carbonyl (C=O) groups excluding carboxylic acids is 1. The fourth-order valence-corrected chi connectivity index (χ4v) is 5.62. The van der Waals surface area contributed by atoms with Crippen molar-refractivity contribution in [1.82, 2.24) is 5.32 Å². The summed E-state index contributed by atoms with van der Waals surface area (Å²) < 4.78 is 50.1. The van der Waals surface area contributed by atoms with Crippen molar-refractivity contribution in [3.8, 4) is 11.5 Å². The molecule has 1 aliphatic carbocycles. The van der Waals surface area contributed by atoms with Crippen molar-refractivity contribution in [3.63, 3.8) is 0 Å². The van der Waals surface area contributed by atoms with Crippen LogP contribution in [0.4, 0.5) is 8.78 Å². The van der Waals surface area contributed by atoms with Gasteiger partial charge in [0, 0.05) is 19.4 Å². The van der Waals surface area contributed by atoms with Gasteiger partial charge >= 0.3 is 5.97 Å². The number of nitrogens with one attached hydrogen (secondary N) is 1. The molecule has 3 rings (SSSR count). The third-order valence-corrected chi connectivity index (χ3v) is 7.16. The number of methoxy groups -OCH3 is 3. The standard InChI is InChI=1S/C29H39F2NO5.ClH/c1-19(2)26-23-10-9-22(30)17-21(23)12-13-29(26,37-25(33)18-34-3)14-16-32-15-6-7-20-8-11-24(35-4)28(36-5)27(20)31;/h8-11,17,19,26,32H,6-7,12-16,18H2,1-5H3;1H/t26-,29-;/m1./s1. The van der Waals surface area contributed by atoms with Gasteiger partial charge in [-0.3, -0.25) is 0 Å². The summed E-state index contributed by atoms with van der Waals surface area (Å²) in [5, 5.41) is 3.44. The Morgan fingerprint density at radius 3 is 2.53 bits per heavy atom. The number of benzene rings is 2. The predicted octanol–water partition coefficient (Wildman–Crippen LogP) is 5.63. The van der Waals surface area contributed by atoms with E-state index < -0.39 is 17.4 Å². The molecule has 38 heavy (non-hydrogen) atoms. The van der Waals surface area contributed by atoms with Gasteiger partial charge in [0.25, 0.3) is 0 Å². The SMILES string of the molecule is COCC(=O)O[C@@]1(CCNCCCc2ccc(OC)c(OC)c2F)CCc2cc(F)ccc2[C@H]1C(C)C.Cl. The number of hydrogen-bond donors (Lipinski definition) is 1. The van der Waals surface area contributed by atoms with E-state index in [1.54, 1.807) is 18.2 Å². The zero-order valence-corrected chi connectivity index (χ0v) is 23.7. The highest BCUT2D eigenvalue weighted by Gasteiger charge is 2.47. The van der Waals surface area contributed by atoms with Crippen molar-refractivity contribution in [3.05, 3.63) is 58.7 Å². The number of aryl methyl sites for hydroxylation is 2. The number of esters is 1. The van der Waals surface area contributed by atoms with Gasteiger partial charge in [0.1, 0.15) is 18.0 Å². The van der Waals surface area contributed by atoms with Crippen molar-refractivity contribution >= 4 is 18.4 Å². The maximum absolute atomic E-state index is 14.7. The van der Waals surface area contributed by atoms with Crippen LogP contribution < -0.4 is 14.8 Å². The molecular formula is C29H40ClF2NO5. The third kappa shape index (κ3) is 7.36. The summed E-state index contributed by atoms with van der Waals surface area (Å²) >= 11 is 0. The summed E-state index contributed by atoms with van der Waals surface area (Å²) in [5.74, 6) is -0.465. The average molecular weight is 556 g/mol. The smallest absolute Gasteiger partial charge is 0.332 e. The number of carbonyl (C=O) groups is 1. The average Bonchev–Trinajstić information content (AvgIpc) is 2.86. The first kappa shape index (κ1) is 31.8. The molecule has 0 saturated carbocycles. The van der Waals surface area contributed by atoms with Gasteiger partial charge in [-0.15, -0.1) is 12.4 Å². The Labute approximate surface area is 230 Å². The summed E-state index contributed by atoms with van der Waals surface area (Å²) in [7, 11) is 4.37. The molecule has 0 aliphatic heterocycles. The lowest BCUT2D eigenvalue weighted by Gasteiger charge is -2.46. The van der Waals surface area contributed by atoms with E-state index in [1.807, 2.05) is 6.07 Å². The molecule has 9 heteroatoms. The Morgan fingerprint density at radius 1 is 1.11 bits per heavy atom. The minimum absolute atomic E-state index is 0. The first-order valence-electron chi connectivity index (χ1n) is 12.9. The van der Waals surface area contributed by atoms with Crippen LogP contribution in [0.1, 0.15) is 55.7 Å². The van der Waals surface area contributed by atoms with Crippen LogP contribution in [0, 0.1) is 17.6 Å². The number of fused-ring (bicyclic) bond motifs is 1. The van der Waals surface area contributed by atoms with Gasteiger partial charge in [0.15, 0.2) is 17.3 Å². The minimum Gasteiger partial charge on any atom is -0.493 e. The molecular weight excluding hydrogens is 516 g/mol. The molecule has 0 bridgehead atoms.